The molecule has 1 aromatic carbocycles. The molecule has 0 amide bonds. The van der Waals surface area contributed by atoms with E-state index in [1.807, 2.05) is 11.4 Å². The van der Waals surface area contributed by atoms with Crippen molar-refractivity contribution in [3.05, 3.63) is 46.1 Å². The number of aromatic nitrogens is 6. The van der Waals surface area contributed by atoms with E-state index in [4.69, 9.17) is 11.6 Å². The first-order valence-corrected chi connectivity index (χ1v) is 10.7. The maximum absolute atomic E-state index is 14.5. The largest absolute Gasteiger partial charge is 0.355 e. The molecule has 1 N–H and O–H groups in total. The number of halogens is 3. The molecule has 7 nitrogen and oxygen atoms in total. The van der Waals surface area contributed by atoms with Crippen LogP contribution in [0.4, 0.5) is 14.6 Å². The van der Waals surface area contributed by atoms with Gasteiger partial charge in [-0.25, -0.2) is 23.8 Å². The molecule has 4 heterocycles. The van der Waals surface area contributed by atoms with Gasteiger partial charge in [-0.1, -0.05) is 11.6 Å². The Bertz CT molecular complexity index is 1190. The number of tetrazole rings is 1. The van der Waals surface area contributed by atoms with Crippen molar-refractivity contribution in [3.63, 3.8) is 0 Å². The van der Waals surface area contributed by atoms with Crippen LogP contribution in [0.3, 0.4) is 0 Å². The second-order valence-corrected chi connectivity index (χ2v) is 8.56. The quantitative estimate of drug-likeness (QED) is 0.470. The first-order valence-electron chi connectivity index (χ1n) is 9.46. The maximum Gasteiger partial charge on any atom is 0.165 e. The number of nitrogens with zero attached hydrogens (tertiary/aromatic N) is 6. The molecule has 0 spiro atoms. The second-order valence-electron chi connectivity index (χ2n) is 7.23. The minimum Gasteiger partial charge on any atom is -0.355 e. The molecule has 0 saturated carbocycles. The zero-order chi connectivity index (χ0) is 20.7. The van der Waals surface area contributed by atoms with Gasteiger partial charge in [0.15, 0.2) is 11.6 Å². The molecular weight excluding hydrogens is 432 g/mol. The lowest BCUT2D eigenvalue weighted by Crippen LogP contribution is -2.35. The van der Waals surface area contributed by atoms with Crippen LogP contribution in [0, 0.1) is 17.6 Å². The van der Waals surface area contributed by atoms with E-state index in [2.05, 4.69) is 35.5 Å². The fraction of sp³-hybridized carbons (Fsp3) is 0.316. The molecule has 1 fully saturated rings. The Morgan fingerprint density at radius 1 is 1.17 bits per heavy atom. The topological polar surface area (TPSA) is 83.5 Å². The maximum atomic E-state index is 14.5. The number of fused-ring (bicyclic) bond motifs is 1. The number of hydrogen-bond acceptors (Lipinski definition) is 7. The van der Waals surface area contributed by atoms with Crippen LogP contribution in [0.5, 0.6) is 0 Å². The van der Waals surface area contributed by atoms with Crippen LogP contribution in [0.1, 0.15) is 18.7 Å². The van der Waals surface area contributed by atoms with Crippen molar-refractivity contribution in [1.29, 1.82) is 0 Å². The third-order valence-corrected chi connectivity index (χ3v) is 6.51. The Kier molecular flexibility index (Phi) is 5.03. The highest BCUT2D eigenvalue weighted by atomic mass is 35.5. The van der Waals surface area contributed by atoms with Gasteiger partial charge in [0.2, 0.25) is 0 Å². The summed E-state index contributed by atoms with van der Waals surface area (Å²) in [6.07, 6.45) is 2.72. The second kappa shape index (κ2) is 7.84. The van der Waals surface area contributed by atoms with Gasteiger partial charge in [0.1, 0.15) is 17.5 Å². The number of rotatable bonds is 4. The summed E-state index contributed by atoms with van der Waals surface area (Å²) >= 11 is 7.23. The van der Waals surface area contributed by atoms with Crippen LogP contribution in [0.2, 0.25) is 5.02 Å². The van der Waals surface area contributed by atoms with Crippen molar-refractivity contribution in [1.82, 2.24) is 30.6 Å². The average molecular weight is 448 g/mol. The van der Waals surface area contributed by atoms with Crippen LogP contribution in [0.15, 0.2) is 23.6 Å². The Morgan fingerprint density at radius 2 is 2.00 bits per heavy atom. The predicted molar refractivity (Wildman–Crippen MR) is 111 cm³/mol. The molecule has 1 aliphatic heterocycles. The third kappa shape index (κ3) is 3.61. The molecular formula is C19H16ClF2N7S. The predicted octanol–water partition coefficient (Wildman–Crippen LogP) is 4.26. The number of aromatic amines is 1. The van der Waals surface area contributed by atoms with Gasteiger partial charge in [-0.05, 0) is 52.8 Å². The lowest BCUT2D eigenvalue weighted by molar-refractivity contribution is 0.396. The summed E-state index contributed by atoms with van der Waals surface area (Å²) in [6.45, 7) is 1.60. The average Bonchev–Trinajstić information content (AvgIpc) is 3.42. The highest BCUT2D eigenvalue weighted by Crippen LogP contribution is 2.35. The normalized spacial score (nSPS) is 15.2. The summed E-state index contributed by atoms with van der Waals surface area (Å²) in [5.74, 6) is 0.809. The molecule has 1 saturated heterocycles. The summed E-state index contributed by atoms with van der Waals surface area (Å²) in [4.78, 5) is 11.3. The highest BCUT2D eigenvalue weighted by molar-refractivity contribution is 7.17. The Morgan fingerprint density at radius 3 is 2.77 bits per heavy atom. The molecule has 1 aliphatic rings. The van der Waals surface area contributed by atoms with E-state index in [1.54, 1.807) is 0 Å². The molecule has 11 heteroatoms. The summed E-state index contributed by atoms with van der Waals surface area (Å²) in [5, 5.41) is 15.7. The lowest BCUT2D eigenvalue weighted by atomic mass is 9.93. The van der Waals surface area contributed by atoms with Crippen molar-refractivity contribution >= 4 is 39.0 Å². The van der Waals surface area contributed by atoms with E-state index >= 15 is 0 Å². The van der Waals surface area contributed by atoms with Crippen molar-refractivity contribution in [2.24, 2.45) is 5.92 Å². The minimum absolute atomic E-state index is 0.000967. The van der Waals surface area contributed by atoms with E-state index in [0.717, 1.165) is 60.8 Å². The lowest BCUT2D eigenvalue weighted by Gasteiger charge is -2.32. The summed E-state index contributed by atoms with van der Waals surface area (Å²) in [6, 6.07) is 3.87. The molecule has 0 unspecified atom stereocenters. The van der Waals surface area contributed by atoms with Crippen molar-refractivity contribution in [2.45, 2.75) is 19.3 Å². The SMILES string of the molecule is Fc1cc(-c2nc(N3CCC(Cc4nnn[nH]4)CC3)c3sccc3n2)c(F)cc1Cl. The van der Waals surface area contributed by atoms with Crippen LogP contribution in [0.25, 0.3) is 21.6 Å². The van der Waals surface area contributed by atoms with Gasteiger partial charge in [0.25, 0.3) is 0 Å². The number of piperidine rings is 1. The van der Waals surface area contributed by atoms with E-state index in [9.17, 15) is 8.78 Å². The number of nitrogens with one attached hydrogen (secondary N) is 1. The zero-order valence-electron chi connectivity index (χ0n) is 15.6. The van der Waals surface area contributed by atoms with Crippen molar-refractivity contribution in [2.75, 3.05) is 18.0 Å². The van der Waals surface area contributed by atoms with Gasteiger partial charge < -0.3 is 4.90 Å². The van der Waals surface area contributed by atoms with Crippen molar-refractivity contribution < 1.29 is 8.78 Å². The number of hydrogen-bond donors (Lipinski definition) is 1. The molecule has 0 atom stereocenters. The molecule has 0 bridgehead atoms. The summed E-state index contributed by atoms with van der Waals surface area (Å²) < 4.78 is 29.4. The first-order chi connectivity index (χ1) is 14.6. The van der Waals surface area contributed by atoms with E-state index < -0.39 is 11.6 Å². The monoisotopic (exact) mass is 447 g/mol. The first kappa shape index (κ1) is 19.3. The van der Waals surface area contributed by atoms with Crippen LogP contribution in [-0.4, -0.2) is 43.7 Å². The molecule has 30 heavy (non-hydrogen) atoms. The number of H-pyrrole nitrogens is 1. The Labute approximate surface area is 179 Å². The van der Waals surface area contributed by atoms with E-state index in [-0.39, 0.29) is 16.4 Å². The number of thiophene rings is 1. The molecule has 154 valence electrons. The molecule has 4 aromatic rings. The van der Waals surface area contributed by atoms with Crippen molar-refractivity contribution in [3.8, 4) is 11.4 Å². The molecule has 5 rings (SSSR count). The fourth-order valence-corrected chi connectivity index (χ4v) is 4.76. The molecule has 3 aromatic heterocycles. The Hall–Kier alpha value is -2.72. The van der Waals surface area contributed by atoms with Gasteiger partial charge in [-0.15, -0.1) is 16.4 Å². The van der Waals surface area contributed by atoms with E-state index in [0.29, 0.717) is 11.4 Å². The van der Waals surface area contributed by atoms with Gasteiger partial charge in [0, 0.05) is 19.5 Å². The number of anilines is 1. The molecule has 0 radical (unpaired) electrons. The van der Waals surface area contributed by atoms with Gasteiger partial charge >= 0.3 is 0 Å². The molecule has 0 aliphatic carbocycles. The highest BCUT2D eigenvalue weighted by Gasteiger charge is 2.25. The van der Waals surface area contributed by atoms with Gasteiger partial charge in [0.05, 0.1) is 20.8 Å². The van der Waals surface area contributed by atoms with Gasteiger partial charge in [-0.2, -0.15) is 0 Å². The zero-order valence-corrected chi connectivity index (χ0v) is 17.2. The fourth-order valence-electron chi connectivity index (χ4n) is 3.76. The minimum atomic E-state index is -0.702. The summed E-state index contributed by atoms with van der Waals surface area (Å²) in [7, 11) is 0. The van der Waals surface area contributed by atoms with Gasteiger partial charge in [-0.3, -0.25) is 0 Å². The Balaban J connectivity index is 1.45. The van der Waals surface area contributed by atoms with Crippen LogP contribution >= 0.6 is 22.9 Å². The summed E-state index contributed by atoms with van der Waals surface area (Å²) in [5.41, 5.74) is 0.712. The van der Waals surface area contributed by atoms with Crippen LogP contribution in [-0.2, 0) is 6.42 Å². The third-order valence-electron chi connectivity index (χ3n) is 5.32. The van der Waals surface area contributed by atoms with E-state index in [1.165, 1.54) is 11.3 Å². The standard InChI is InChI=1S/C19H16ClF2N7S/c20-12-9-13(21)11(8-14(12)22)18-23-15-3-6-30-17(15)19(24-18)29-4-1-10(2-5-29)7-16-25-27-28-26-16/h3,6,8-10H,1-2,4-5,7H2,(H,25,26,27,28). The number of benzene rings is 1. The smallest absolute Gasteiger partial charge is 0.165 e. The van der Waals surface area contributed by atoms with Crippen LogP contribution < -0.4 is 4.90 Å².